The van der Waals surface area contributed by atoms with Crippen molar-refractivity contribution < 1.29 is 17.9 Å². The number of sulfone groups is 1. The van der Waals surface area contributed by atoms with E-state index < -0.39 is 21.9 Å². The highest BCUT2D eigenvalue weighted by Crippen LogP contribution is 2.39. The van der Waals surface area contributed by atoms with E-state index in [9.17, 15) is 13.2 Å². The second-order valence-corrected chi connectivity index (χ2v) is 9.43. The first kappa shape index (κ1) is 18.1. The van der Waals surface area contributed by atoms with Crippen molar-refractivity contribution in [3.63, 3.8) is 0 Å². The Hall–Kier alpha value is -2.25. The maximum atomic E-state index is 13.3. The fourth-order valence-electron chi connectivity index (χ4n) is 3.78. The Labute approximate surface area is 163 Å². The number of carbonyl (C=O) groups excluding carboxylic acids is 1. The van der Waals surface area contributed by atoms with Crippen LogP contribution < -0.4 is 14.5 Å². The lowest BCUT2D eigenvalue weighted by atomic mass is 10.1. The number of rotatable bonds is 3. The third kappa shape index (κ3) is 3.04. The highest BCUT2D eigenvalue weighted by atomic mass is 35.5. The van der Waals surface area contributed by atoms with E-state index in [-0.39, 0.29) is 17.5 Å². The molecule has 2 aliphatic heterocycles. The number of hydrogen-bond donors (Lipinski definition) is 0. The Morgan fingerprint density at radius 1 is 1.00 bits per heavy atom. The van der Waals surface area contributed by atoms with Crippen LogP contribution in [0.1, 0.15) is 5.56 Å². The van der Waals surface area contributed by atoms with Crippen LogP contribution in [-0.2, 0) is 9.84 Å². The van der Waals surface area contributed by atoms with Gasteiger partial charge in [0.25, 0.3) is 0 Å². The number of nitrogens with zero attached hydrogens (tertiary/aromatic N) is 2. The van der Waals surface area contributed by atoms with Crippen LogP contribution in [-0.4, -0.2) is 45.1 Å². The summed E-state index contributed by atoms with van der Waals surface area (Å²) in [6.45, 7) is 1.88. The van der Waals surface area contributed by atoms with E-state index in [2.05, 4.69) is 0 Å². The van der Waals surface area contributed by atoms with Crippen molar-refractivity contribution in [2.24, 2.45) is 0 Å². The molecule has 0 aromatic heterocycles. The van der Waals surface area contributed by atoms with Gasteiger partial charge in [-0.25, -0.2) is 13.2 Å². The Bertz CT molecular complexity index is 1010. The van der Waals surface area contributed by atoms with E-state index in [1.54, 1.807) is 53.3 Å². The lowest BCUT2D eigenvalue weighted by molar-refractivity contribution is 0.255. The lowest BCUT2D eigenvalue weighted by Gasteiger charge is -2.23. The number of urea groups is 1. The zero-order valence-corrected chi connectivity index (χ0v) is 16.5. The fourth-order valence-corrected chi connectivity index (χ4v) is 5.88. The number of hydrogen-bond acceptors (Lipinski definition) is 4. The van der Waals surface area contributed by atoms with Crippen LogP contribution in [0.3, 0.4) is 0 Å². The summed E-state index contributed by atoms with van der Waals surface area (Å²) in [4.78, 5) is 16.4. The third-order valence-electron chi connectivity index (χ3n) is 5.15. The number of anilines is 2. The molecule has 2 aliphatic rings. The summed E-state index contributed by atoms with van der Waals surface area (Å²) in [6.07, 6.45) is 0. The van der Waals surface area contributed by atoms with Crippen LogP contribution >= 0.6 is 11.6 Å². The Morgan fingerprint density at radius 3 is 2.11 bits per heavy atom. The molecule has 2 fully saturated rings. The van der Waals surface area contributed by atoms with Crippen LogP contribution in [0.25, 0.3) is 0 Å². The molecule has 6 nitrogen and oxygen atoms in total. The molecule has 2 aromatic rings. The molecule has 2 aromatic carbocycles. The summed E-state index contributed by atoms with van der Waals surface area (Å²) in [5, 5.41) is 0.542. The topological polar surface area (TPSA) is 66.9 Å². The van der Waals surface area contributed by atoms with Crippen LogP contribution in [0.15, 0.2) is 42.5 Å². The van der Waals surface area contributed by atoms with E-state index >= 15 is 0 Å². The van der Waals surface area contributed by atoms with Crippen LogP contribution in [0.4, 0.5) is 16.2 Å². The molecule has 8 heteroatoms. The van der Waals surface area contributed by atoms with E-state index in [1.165, 1.54) is 0 Å². The molecule has 0 saturated carbocycles. The molecule has 0 bridgehead atoms. The Balaban J connectivity index is 1.78. The molecular weight excluding hydrogens is 388 g/mol. The first-order chi connectivity index (χ1) is 12.8. The lowest BCUT2D eigenvalue weighted by Crippen LogP contribution is -2.37. The minimum absolute atomic E-state index is 0.0501. The molecule has 2 saturated heterocycles. The van der Waals surface area contributed by atoms with Crippen molar-refractivity contribution in [1.29, 1.82) is 0 Å². The van der Waals surface area contributed by atoms with Gasteiger partial charge in [0.2, 0.25) is 0 Å². The standard InChI is InChI=1S/C19H19ClN2O4S/c1-12-3-4-14(9-16(12)20)22-18-11-27(24,25)10-17(18)21(19(22)23)13-5-7-15(26-2)8-6-13/h3-9,17-18H,10-11H2,1-2H3/t17-,18-/m1/s1. The first-order valence-electron chi connectivity index (χ1n) is 8.54. The van der Waals surface area contributed by atoms with Crippen molar-refractivity contribution in [3.8, 4) is 5.75 Å². The van der Waals surface area contributed by atoms with E-state index in [0.29, 0.717) is 22.1 Å². The van der Waals surface area contributed by atoms with Gasteiger partial charge in [0.1, 0.15) is 5.75 Å². The van der Waals surface area contributed by atoms with Gasteiger partial charge >= 0.3 is 6.03 Å². The van der Waals surface area contributed by atoms with Crippen molar-refractivity contribution in [3.05, 3.63) is 53.1 Å². The molecule has 2 amide bonds. The summed E-state index contributed by atoms with van der Waals surface area (Å²) in [5.74, 6) is 0.566. The molecular formula is C19H19ClN2O4S. The van der Waals surface area contributed by atoms with Crippen molar-refractivity contribution in [2.45, 2.75) is 19.0 Å². The van der Waals surface area contributed by atoms with E-state index in [0.717, 1.165) is 5.56 Å². The second kappa shape index (κ2) is 6.42. The fraction of sp³-hybridized carbons (Fsp3) is 0.316. The minimum atomic E-state index is -3.24. The quantitative estimate of drug-likeness (QED) is 0.734. The molecule has 0 spiro atoms. The number of carbonyl (C=O) groups is 1. The molecule has 4 rings (SSSR count). The summed E-state index contributed by atoms with van der Waals surface area (Å²) in [7, 11) is -1.67. The SMILES string of the molecule is COc1ccc(N2C(=O)N(c3ccc(C)c(Cl)c3)[C@@H]3CS(=O)(=O)C[C@H]32)cc1. The average Bonchev–Trinajstić information content (AvgIpc) is 3.06. The number of benzene rings is 2. The Kier molecular flexibility index (Phi) is 4.31. The normalized spacial score (nSPS) is 23.6. The van der Waals surface area contributed by atoms with Gasteiger partial charge in [-0.3, -0.25) is 9.80 Å². The number of halogens is 1. The number of methoxy groups -OCH3 is 1. The molecule has 0 aliphatic carbocycles. The maximum absolute atomic E-state index is 13.3. The average molecular weight is 407 g/mol. The molecule has 2 atom stereocenters. The summed E-state index contributed by atoms with van der Waals surface area (Å²) in [6, 6.07) is 11.3. The zero-order chi connectivity index (χ0) is 19.3. The monoisotopic (exact) mass is 406 g/mol. The largest absolute Gasteiger partial charge is 0.497 e. The number of aryl methyl sites for hydroxylation is 1. The van der Waals surface area contributed by atoms with Crippen LogP contribution in [0.5, 0.6) is 5.75 Å². The minimum Gasteiger partial charge on any atom is -0.497 e. The molecule has 0 N–H and O–H groups in total. The second-order valence-electron chi connectivity index (χ2n) is 6.87. The summed E-state index contributed by atoms with van der Waals surface area (Å²) in [5.41, 5.74) is 2.15. The predicted octanol–water partition coefficient (Wildman–Crippen LogP) is 3.27. The van der Waals surface area contributed by atoms with E-state index in [1.807, 2.05) is 13.0 Å². The van der Waals surface area contributed by atoms with Crippen molar-refractivity contribution >= 4 is 38.8 Å². The predicted molar refractivity (Wildman–Crippen MR) is 106 cm³/mol. The van der Waals surface area contributed by atoms with Crippen molar-refractivity contribution in [1.82, 2.24) is 0 Å². The molecule has 0 radical (unpaired) electrons. The molecule has 0 unspecified atom stereocenters. The van der Waals surface area contributed by atoms with Gasteiger partial charge in [0.05, 0.1) is 30.7 Å². The summed E-state index contributed by atoms with van der Waals surface area (Å²) >= 11 is 6.24. The molecule has 2 heterocycles. The first-order valence-corrected chi connectivity index (χ1v) is 10.7. The van der Waals surface area contributed by atoms with Gasteiger partial charge in [0, 0.05) is 16.4 Å². The van der Waals surface area contributed by atoms with Gasteiger partial charge in [-0.15, -0.1) is 0 Å². The van der Waals surface area contributed by atoms with Crippen molar-refractivity contribution in [2.75, 3.05) is 28.4 Å². The number of amides is 2. The number of fused-ring (bicyclic) bond motifs is 1. The highest BCUT2D eigenvalue weighted by molar-refractivity contribution is 7.91. The van der Waals surface area contributed by atoms with Gasteiger partial charge in [0.15, 0.2) is 9.84 Å². The van der Waals surface area contributed by atoms with Crippen LogP contribution in [0.2, 0.25) is 5.02 Å². The van der Waals surface area contributed by atoms with Gasteiger partial charge < -0.3 is 4.74 Å². The van der Waals surface area contributed by atoms with Crippen LogP contribution in [0, 0.1) is 6.92 Å². The van der Waals surface area contributed by atoms with E-state index in [4.69, 9.17) is 16.3 Å². The maximum Gasteiger partial charge on any atom is 0.329 e. The third-order valence-corrected chi connectivity index (χ3v) is 7.26. The molecule has 27 heavy (non-hydrogen) atoms. The zero-order valence-electron chi connectivity index (χ0n) is 14.9. The van der Waals surface area contributed by atoms with Gasteiger partial charge in [-0.2, -0.15) is 0 Å². The number of ether oxygens (including phenoxy) is 1. The molecule has 142 valence electrons. The summed E-state index contributed by atoms with van der Waals surface area (Å²) < 4.78 is 29.8. The Morgan fingerprint density at radius 2 is 1.56 bits per heavy atom. The smallest absolute Gasteiger partial charge is 0.329 e. The van der Waals surface area contributed by atoms with Gasteiger partial charge in [-0.05, 0) is 48.9 Å². The highest BCUT2D eigenvalue weighted by Gasteiger charge is 2.54. The van der Waals surface area contributed by atoms with Gasteiger partial charge in [-0.1, -0.05) is 17.7 Å².